The van der Waals surface area contributed by atoms with E-state index >= 15 is 0 Å². The molecular weight excluding hydrogens is 374 g/mol. The average Bonchev–Trinajstić information content (AvgIpc) is 2.62. The zero-order valence-electron chi connectivity index (χ0n) is 17.4. The van der Waals surface area contributed by atoms with Crippen LogP contribution in [0.3, 0.4) is 0 Å². The normalized spacial score (nSPS) is 25.3. The van der Waals surface area contributed by atoms with Gasteiger partial charge in [0.2, 0.25) is 0 Å². The van der Waals surface area contributed by atoms with E-state index in [-0.39, 0.29) is 27.0 Å². The van der Waals surface area contributed by atoms with Crippen molar-refractivity contribution in [3.8, 4) is 0 Å². The second-order valence-electron chi connectivity index (χ2n) is 7.14. The molecule has 1 aliphatic carbocycles. The first-order valence-corrected chi connectivity index (χ1v) is 8.90. The van der Waals surface area contributed by atoms with E-state index in [2.05, 4.69) is 5.32 Å². The van der Waals surface area contributed by atoms with Crippen LogP contribution in [0, 0.1) is 0 Å². The van der Waals surface area contributed by atoms with Crippen LogP contribution in [0.1, 0.15) is 20.8 Å². The molecule has 1 amide bonds. The van der Waals surface area contributed by atoms with Gasteiger partial charge >= 0.3 is 6.09 Å². The molecule has 10 heteroatoms. The van der Waals surface area contributed by atoms with Gasteiger partial charge in [0.25, 0.3) is 0 Å². The Hall–Kier alpha value is -1.27. The summed E-state index contributed by atoms with van der Waals surface area (Å²) < 4.78 is 37.6. The lowest BCUT2D eigenvalue weighted by atomic mass is 9.87. The van der Waals surface area contributed by atoms with Crippen LogP contribution in [0.25, 0.3) is 0 Å². The molecule has 0 bridgehead atoms. The molecule has 164 valence electrons. The Morgan fingerprint density at radius 2 is 1.54 bits per heavy atom. The highest BCUT2D eigenvalue weighted by molar-refractivity contribution is 5.68. The third-order valence-electron chi connectivity index (χ3n) is 3.72. The third kappa shape index (κ3) is 8.00. The van der Waals surface area contributed by atoms with Gasteiger partial charge < -0.3 is 43.6 Å². The lowest BCUT2D eigenvalue weighted by Crippen LogP contribution is -2.58. The molecule has 0 saturated heterocycles. The van der Waals surface area contributed by atoms with Crippen LogP contribution in [0.2, 0.25) is 0 Å². The Kier molecular flexibility index (Phi) is 10.9. The number of rotatable bonds is 11. The first-order valence-electron chi connectivity index (χ1n) is 8.90. The molecule has 4 atom stereocenters. The van der Waals surface area contributed by atoms with Crippen LogP contribution in [0.15, 0.2) is 11.6 Å². The Morgan fingerprint density at radius 3 is 2.04 bits per heavy atom. The minimum absolute atomic E-state index is 0.0178. The largest absolute Gasteiger partial charge is 0.444 e. The summed E-state index contributed by atoms with van der Waals surface area (Å²) in [5.41, 5.74) is -0.155. The number of ether oxygens (including phenoxy) is 7. The van der Waals surface area contributed by atoms with Gasteiger partial charge in [-0.1, -0.05) is 6.08 Å². The van der Waals surface area contributed by atoms with Crippen molar-refractivity contribution < 1.29 is 43.1 Å². The summed E-state index contributed by atoms with van der Waals surface area (Å²) in [5.74, 6) is 0. The average molecular weight is 407 g/mol. The molecule has 0 fully saturated rings. The van der Waals surface area contributed by atoms with Crippen molar-refractivity contribution in [3.63, 3.8) is 0 Å². The fourth-order valence-electron chi connectivity index (χ4n) is 2.74. The molecule has 0 aromatic carbocycles. The topological polar surface area (TPSA) is 114 Å². The van der Waals surface area contributed by atoms with Gasteiger partial charge in [0.1, 0.15) is 44.3 Å². The number of carbonyl (C=O) groups excluding carboxylic acids is 1. The van der Waals surface area contributed by atoms with Crippen molar-refractivity contribution in [2.75, 3.05) is 48.3 Å². The Bertz CT molecular complexity index is 492. The summed E-state index contributed by atoms with van der Waals surface area (Å²) in [6, 6.07) is -0.656. The first-order chi connectivity index (χ1) is 13.3. The quantitative estimate of drug-likeness (QED) is 0.379. The van der Waals surface area contributed by atoms with Crippen LogP contribution in [0.5, 0.6) is 0 Å². The van der Waals surface area contributed by atoms with Crippen molar-refractivity contribution in [2.45, 2.75) is 50.7 Å². The molecule has 0 aliphatic heterocycles. The molecule has 0 unspecified atom stereocenters. The van der Waals surface area contributed by atoms with Gasteiger partial charge in [-0.25, -0.2) is 4.79 Å². The van der Waals surface area contributed by atoms with Crippen molar-refractivity contribution >= 4 is 6.09 Å². The number of alkyl carbamates (subject to hydrolysis) is 1. The zero-order chi connectivity index (χ0) is 21.2. The van der Waals surface area contributed by atoms with Crippen LogP contribution in [-0.4, -0.2) is 89.5 Å². The molecule has 2 N–H and O–H groups in total. The summed E-state index contributed by atoms with van der Waals surface area (Å²) in [6.45, 7) is 4.90. The summed E-state index contributed by atoms with van der Waals surface area (Å²) in [4.78, 5) is 12.3. The summed E-state index contributed by atoms with van der Waals surface area (Å²) >= 11 is 0. The number of methoxy groups -OCH3 is 3. The van der Waals surface area contributed by atoms with Gasteiger partial charge in [-0.2, -0.15) is 0 Å². The lowest BCUT2D eigenvalue weighted by Gasteiger charge is -2.41. The van der Waals surface area contributed by atoms with Crippen LogP contribution < -0.4 is 5.32 Å². The highest BCUT2D eigenvalue weighted by Crippen LogP contribution is 2.28. The summed E-state index contributed by atoms with van der Waals surface area (Å²) in [5, 5.41) is 12.6. The molecule has 1 rings (SSSR count). The summed E-state index contributed by atoms with van der Waals surface area (Å²) in [7, 11) is 4.46. The molecule has 0 aromatic rings. The van der Waals surface area contributed by atoms with E-state index in [0.717, 1.165) is 0 Å². The number of amides is 1. The van der Waals surface area contributed by atoms with E-state index in [4.69, 9.17) is 33.2 Å². The minimum Gasteiger partial charge on any atom is -0.444 e. The van der Waals surface area contributed by atoms with Gasteiger partial charge in [0, 0.05) is 21.3 Å². The van der Waals surface area contributed by atoms with Crippen LogP contribution in [-0.2, 0) is 33.2 Å². The number of hydrogen-bond donors (Lipinski definition) is 2. The van der Waals surface area contributed by atoms with Gasteiger partial charge in [0.15, 0.2) is 0 Å². The van der Waals surface area contributed by atoms with Gasteiger partial charge in [0.05, 0.1) is 12.6 Å². The van der Waals surface area contributed by atoms with Crippen LogP contribution in [0.4, 0.5) is 4.79 Å². The number of aliphatic hydroxyl groups excluding tert-OH is 1. The third-order valence-corrected chi connectivity index (χ3v) is 3.72. The number of aliphatic hydroxyl groups is 1. The Morgan fingerprint density at radius 1 is 1.00 bits per heavy atom. The van der Waals surface area contributed by atoms with Crippen molar-refractivity contribution in [3.05, 3.63) is 11.6 Å². The second kappa shape index (κ2) is 12.3. The van der Waals surface area contributed by atoms with E-state index in [9.17, 15) is 9.90 Å². The lowest BCUT2D eigenvalue weighted by molar-refractivity contribution is -0.207. The predicted octanol–water partition coefficient (Wildman–Crippen LogP) is 0.779. The maximum atomic E-state index is 12.3. The SMILES string of the molecule is COCO[C@@H]1[C@@H](OCOC)[C@H](OCOC)C(CO)=C[C@@H]1NC(=O)OC(C)(C)C. The molecule has 0 aromatic heterocycles. The van der Waals surface area contributed by atoms with Gasteiger partial charge in [-0.05, 0) is 26.3 Å². The van der Waals surface area contributed by atoms with E-state index in [1.54, 1.807) is 26.8 Å². The maximum Gasteiger partial charge on any atom is 0.408 e. The van der Waals surface area contributed by atoms with Crippen LogP contribution >= 0.6 is 0 Å². The molecule has 0 spiro atoms. The monoisotopic (exact) mass is 407 g/mol. The van der Waals surface area contributed by atoms with E-state index < -0.39 is 36.0 Å². The minimum atomic E-state index is -0.711. The molecule has 28 heavy (non-hydrogen) atoms. The molecule has 1 aliphatic rings. The fraction of sp³-hybridized carbons (Fsp3) is 0.833. The number of nitrogens with one attached hydrogen (secondary N) is 1. The van der Waals surface area contributed by atoms with E-state index in [1.807, 2.05) is 0 Å². The molecule has 0 heterocycles. The van der Waals surface area contributed by atoms with Crippen molar-refractivity contribution in [2.24, 2.45) is 0 Å². The second-order valence-corrected chi connectivity index (χ2v) is 7.14. The van der Waals surface area contributed by atoms with Gasteiger partial charge in [-0.3, -0.25) is 0 Å². The number of carbonyl (C=O) groups is 1. The summed E-state index contributed by atoms with van der Waals surface area (Å²) in [6.07, 6.45) is -1.04. The maximum absolute atomic E-state index is 12.3. The highest BCUT2D eigenvalue weighted by Gasteiger charge is 2.43. The van der Waals surface area contributed by atoms with Gasteiger partial charge in [-0.15, -0.1) is 0 Å². The standard InChI is InChI=1S/C18H33NO9/c1-18(2,3)28-17(21)19-13-7-12(8-20)14(25-9-22-4)16(27-11-24-6)15(13)26-10-23-5/h7,13-16,20H,8-11H2,1-6H3,(H,19,21)/t13-,14+,15-,16-/m0/s1. The molecule has 0 radical (unpaired) electrons. The fourth-order valence-corrected chi connectivity index (χ4v) is 2.74. The zero-order valence-corrected chi connectivity index (χ0v) is 17.4. The smallest absolute Gasteiger partial charge is 0.408 e. The Labute approximate surface area is 166 Å². The van der Waals surface area contributed by atoms with Crippen molar-refractivity contribution in [1.29, 1.82) is 0 Å². The van der Waals surface area contributed by atoms with E-state index in [0.29, 0.717) is 5.57 Å². The highest BCUT2D eigenvalue weighted by atomic mass is 16.7. The molecule has 10 nitrogen and oxygen atoms in total. The predicted molar refractivity (Wildman–Crippen MR) is 98.6 cm³/mol. The number of hydrogen-bond acceptors (Lipinski definition) is 9. The first kappa shape index (κ1) is 24.8. The van der Waals surface area contributed by atoms with Crippen molar-refractivity contribution in [1.82, 2.24) is 5.32 Å². The molecular formula is C18H33NO9. The van der Waals surface area contributed by atoms with E-state index in [1.165, 1.54) is 21.3 Å². The Balaban J connectivity index is 3.14. The molecule has 0 saturated carbocycles.